The summed E-state index contributed by atoms with van der Waals surface area (Å²) in [5.41, 5.74) is 1.32. The van der Waals surface area contributed by atoms with Gasteiger partial charge in [0.2, 0.25) is 0 Å². The third-order valence-electron chi connectivity index (χ3n) is 3.80. The summed E-state index contributed by atoms with van der Waals surface area (Å²) >= 11 is 6.00. The summed E-state index contributed by atoms with van der Waals surface area (Å²) in [6.45, 7) is 6.05. The minimum atomic E-state index is 0.125. The lowest BCUT2D eigenvalue weighted by Gasteiger charge is -2.40. The van der Waals surface area contributed by atoms with Crippen molar-refractivity contribution in [2.75, 3.05) is 13.2 Å². The molecule has 0 saturated carbocycles. The molecule has 1 saturated heterocycles. The highest BCUT2D eigenvalue weighted by Gasteiger charge is 2.32. The highest BCUT2D eigenvalue weighted by atomic mass is 35.5. The van der Waals surface area contributed by atoms with Gasteiger partial charge in [-0.3, -0.25) is 0 Å². The Balaban J connectivity index is 2.04. The molecule has 2 rings (SSSR count). The van der Waals surface area contributed by atoms with Crippen LogP contribution in [0.3, 0.4) is 0 Å². The molecule has 0 amide bonds. The van der Waals surface area contributed by atoms with Gasteiger partial charge in [0.05, 0.1) is 12.7 Å². The van der Waals surface area contributed by atoms with Crippen molar-refractivity contribution < 1.29 is 4.74 Å². The molecule has 0 bridgehead atoms. The van der Waals surface area contributed by atoms with E-state index in [4.69, 9.17) is 16.3 Å². The number of morpholine rings is 1. The molecule has 1 heterocycles. The zero-order valence-corrected chi connectivity index (χ0v) is 11.3. The van der Waals surface area contributed by atoms with Crippen LogP contribution in [0.4, 0.5) is 0 Å². The summed E-state index contributed by atoms with van der Waals surface area (Å²) in [7, 11) is 0. The summed E-state index contributed by atoms with van der Waals surface area (Å²) in [5.74, 6) is 0. The van der Waals surface area contributed by atoms with Crippen molar-refractivity contribution in [3.8, 4) is 0 Å². The van der Waals surface area contributed by atoms with E-state index in [1.54, 1.807) is 0 Å². The topological polar surface area (TPSA) is 21.3 Å². The van der Waals surface area contributed by atoms with Crippen LogP contribution in [0.15, 0.2) is 24.3 Å². The molecular formula is C14H20ClNO. The second-order valence-corrected chi connectivity index (χ2v) is 5.16. The molecule has 3 heteroatoms. The van der Waals surface area contributed by atoms with Crippen molar-refractivity contribution in [2.24, 2.45) is 0 Å². The number of benzene rings is 1. The molecule has 1 atom stereocenters. The average molecular weight is 254 g/mol. The fourth-order valence-corrected chi connectivity index (χ4v) is 2.50. The first-order chi connectivity index (χ1) is 8.19. The van der Waals surface area contributed by atoms with E-state index in [0.29, 0.717) is 0 Å². The van der Waals surface area contributed by atoms with Gasteiger partial charge in [-0.1, -0.05) is 37.6 Å². The standard InChI is InChI=1S/C14H20ClNO/c1-3-14(4-2)10-17-13(9-16-14)11-6-5-7-12(15)8-11/h5-8,13,16H,3-4,9-10H2,1-2H3. The van der Waals surface area contributed by atoms with Crippen LogP contribution in [0, 0.1) is 0 Å². The maximum atomic E-state index is 6.00. The van der Waals surface area contributed by atoms with Gasteiger partial charge >= 0.3 is 0 Å². The van der Waals surface area contributed by atoms with Gasteiger partial charge in [-0.2, -0.15) is 0 Å². The normalized spacial score (nSPS) is 23.6. The molecule has 17 heavy (non-hydrogen) atoms. The zero-order chi connectivity index (χ0) is 12.3. The van der Waals surface area contributed by atoms with E-state index in [1.165, 1.54) is 0 Å². The fourth-order valence-electron chi connectivity index (χ4n) is 2.30. The Kier molecular flexibility index (Phi) is 4.08. The molecule has 94 valence electrons. The summed E-state index contributed by atoms with van der Waals surface area (Å²) in [4.78, 5) is 0. The van der Waals surface area contributed by atoms with Crippen LogP contribution in [0.5, 0.6) is 0 Å². The van der Waals surface area contributed by atoms with Crippen LogP contribution in [-0.2, 0) is 4.74 Å². The zero-order valence-electron chi connectivity index (χ0n) is 10.5. The Morgan fingerprint density at radius 2 is 2.18 bits per heavy atom. The molecule has 0 aliphatic carbocycles. The molecule has 1 fully saturated rings. The smallest absolute Gasteiger partial charge is 0.0950 e. The van der Waals surface area contributed by atoms with Crippen molar-refractivity contribution in [1.29, 1.82) is 0 Å². The number of ether oxygens (including phenoxy) is 1. The molecule has 0 spiro atoms. The Bertz CT molecular complexity index is 366. The SMILES string of the molecule is CCC1(CC)COC(c2cccc(Cl)c2)CN1. The Labute approximate surface area is 108 Å². The number of hydrogen-bond donors (Lipinski definition) is 1. The van der Waals surface area contributed by atoms with Crippen LogP contribution in [-0.4, -0.2) is 18.7 Å². The van der Waals surface area contributed by atoms with E-state index in [2.05, 4.69) is 25.2 Å². The van der Waals surface area contributed by atoms with E-state index < -0.39 is 0 Å². The second kappa shape index (κ2) is 5.38. The summed E-state index contributed by atoms with van der Waals surface area (Å²) in [6.07, 6.45) is 2.33. The Morgan fingerprint density at radius 3 is 2.71 bits per heavy atom. The lowest BCUT2D eigenvalue weighted by atomic mass is 9.91. The quantitative estimate of drug-likeness (QED) is 0.889. The lowest BCUT2D eigenvalue weighted by Crippen LogP contribution is -2.54. The fraction of sp³-hybridized carbons (Fsp3) is 0.571. The first-order valence-electron chi connectivity index (χ1n) is 6.31. The lowest BCUT2D eigenvalue weighted by molar-refractivity contribution is -0.0374. The van der Waals surface area contributed by atoms with Crippen LogP contribution in [0.25, 0.3) is 0 Å². The van der Waals surface area contributed by atoms with Gasteiger partial charge in [-0.05, 0) is 30.5 Å². The van der Waals surface area contributed by atoms with Gasteiger partial charge < -0.3 is 10.1 Å². The average Bonchev–Trinajstić information content (AvgIpc) is 2.39. The van der Waals surface area contributed by atoms with Crippen molar-refractivity contribution in [3.05, 3.63) is 34.9 Å². The third kappa shape index (κ3) is 2.82. The maximum absolute atomic E-state index is 6.00. The monoisotopic (exact) mass is 253 g/mol. The molecule has 1 aliphatic heterocycles. The number of halogens is 1. The Morgan fingerprint density at radius 1 is 1.41 bits per heavy atom. The molecule has 1 aromatic rings. The largest absolute Gasteiger partial charge is 0.370 e. The molecule has 1 aliphatic rings. The van der Waals surface area contributed by atoms with E-state index >= 15 is 0 Å². The predicted octanol–water partition coefficient (Wildman–Crippen LogP) is 3.56. The highest BCUT2D eigenvalue weighted by Crippen LogP contribution is 2.28. The maximum Gasteiger partial charge on any atom is 0.0950 e. The molecule has 0 aromatic heterocycles. The second-order valence-electron chi connectivity index (χ2n) is 4.72. The van der Waals surface area contributed by atoms with E-state index in [9.17, 15) is 0 Å². The van der Waals surface area contributed by atoms with Crippen molar-refractivity contribution in [1.82, 2.24) is 5.32 Å². The Hall–Kier alpha value is -0.570. The molecular weight excluding hydrogens is 234 g/mol. The first kappa shape index (κ1) is 12.9. The minimum absolute atomic E-state index is 0.125. The number of nitrogens with one attached hydrogen (secondary N) is 1. The third-order valence-corrected chi connectivity index (χ3v) is 4.03. The predicted molar refractivity (Wildman–Crippen MR) is 71.5 cm³/mol. The van der Waals surface area contributed by atoms with Gasteiger partial charge in [-0.15, -0.1) is 0 Å². The van der Waals surface area contributed by atoms with Crippen molar-refractivity contribution >= 4 is 11.6 Å². The molecule has 1 N–H and O–H groups in total. The molecule has 1 unspecified atom stereocenters. The number of hydrogen-bond acceptors (Lipinski definition) is 2. The van der Waals surface area contributed by atoms with E-state index in [0.717, 1.165) is 36.6 Å². The van der Waals surface area contributed by atoms with Gasteiger partial charge in [0, 0.05) is 17.1 Å². The number of rotatable bonds is 3. The summed E-state index contributed by atoms with van der Waals surface area (Å²) in [6, 6.07) is 7.92. The van der Waals surface area contributed by atoms with E-state index in [-0.39, 0.29) is 11.6 Å². The van der Waals surface area contributed by atoms with Crippen LogP contribution in [0.2, 0.25) is 5.02 Å². The first-order valence-corrected chi connectivity index (χ1v) is 6.69. The molecule has 2 nitrogen and oxygen atoms in total. The highest BCUT2D eigenvalue weighted by molar-refractivity contribution is 6.30. The molecule has 0 radical (unpaired) electrons. The van der Waals surface area contributed by atoms with E-state index in [1.807, 2.05) is 18.2 Å². The summed E-state index contributed by atoms with van der Waals surface area (Å²) in [5, 5.41) is 4.40. The van der Waals surface area contributed by atoms with Crippen molar-refractivity contribution in [3.63, 3.8) is 0 Å². The van der Waals surface area contributed by atoms with Crippen LogP contribution >= 0.6 is 11.6 Å². The van der Waals surface area contributed by atoms with Gasteiger partial charge in [0.15, 0.2) is 0 Å². The molecule has 1 aromatic carbocycles. The van der Waals surface area contributed by atoms with Crippen LogP contribution in [0.1, 0.15) is 38.4 Å². The van der Waals surface area contributed by atoms with Crippen molar-refractivity contribution in [2.45, 2.75) is 38.3 Å². The van der Waals surface area contributed by atoms with Gasteiger partial charge in [-0.25, -0.2) is 0 Å². The van der Waals surface area contributed by atoms with Crippen LogP contribution < -0.4 is 5.32 Å². The summed E-state index contributed by atoms with van der Waals surface area (Å²) < 4.78 is 6.00. The van der Waals surface area contributed by atoms with Gasteiger partial charge in [0.1, 0.15) is 0 Å². The minimum Gasteiger partial charge on any atom is -0.370 e. The van der Waals surface area contributed by atoms with Gasteiger partial charge in [0.25, 0.3) is 0 Å².